The normalized spacial score (nSPS) is 21.5. The lowest BCUT2D eigenvalue weighted by Gasteiger charge is -2.31. The van der Waals surface area contributed by atoms with Crippen molar-refractivity contribution in [3.05, 3.63) is 30.2 Å². The van der Waals surface area contributed by atoms with Crippen LogP contribution in [0.3, 0.4) is 0 Å². The molecule has 1 saturated heterocycles. The summed E-state index contributed by atoms with van der Waals surface area (Å²) in [6.07, 6.45) is 2.51. The molecule has 0 radical (unpaired) electrons. The summed E-state index contributed by atoms with van der Waals surface area (Å²) in [6, 6.07) is 8.54. The van der Waals surface area contributed by atoms with Gasteiger partial charge in [-0.25, -0.2) is 4.98 Å². The van der Waals surface area contributed by atoms with E-state index in [1.54, 1.807) is 0 Å². The van der Waals surface area contributed by atoms with Crippen LogP contribution in [0.15, 0.2) is 28.7 Å². The number of piperidine rings is 1. The first-order valence-electron chi connectivity index (χ1n) is 6.59. The van der Waals surface area contributed by atoms with E-state index in [4.69, 9.17) is 4.42 Å². The highest BCUT2D eigenvalue weighted by Crippen LogP contribution is 2.18. The molecule has 1 aromatic heterocycles. The van der Waals surface area contributed by atoms with E-state index in [-0.39, 0.29) is 0 Å². The van der Waals surface area contributed by atoms with Crippen LogP contribution < -0.4 is 5.32 Å². The molecule has 4 nitrogen and oxygen atoms in total. The Kier molecular flexibility index (Phi) is 3.30. The van der Waals surface area contributed by atoms with Crippen LogP contribution in [0.25, 0.3) is 11.1 Å². The van der Waals surface area contributed by atoms with Gasteiger partial charge in [0, 0.05) is 12.6 Å². The van der Waals surface area contributed by atoms with Crippen LogP contribution in [0.1, 0.15) is 18.7 Å². The maximum atomic E-state index is 5.77. The summed E-state index contributed by atoms with van der Waals surface area (Å²) in [6.45, 7) is 3.03. The van der Waals surface area contributed by atoms with Crippen LogP contribution >= 0.6 is 0 Å². The number of hydrogen-bond donors (Lipinski definition) is 1. The van der Waals surface area contributed by atoms with Crippen molar-refractivity contribution in [3.63, 3.8) is 0 Å². The number of para-hydroxylation sites is 2. The number of nitrogens with zero attached hydrogens (tertiary/aromatic N) is 2. The molecular formula is C14H19N3O. The Morgan fingerprint density at radius 3 is 3.17 bits per heavy atom. The van der Waals surface area contributed by atoms with Gasteiger partial charge in [-0.3, -0.25) is 4.90 Å². The second-order valence-corrected chi connectivity index (χ2v) is 4.94. The minimum atomic E-state index is 0.600. The summed E-state index contributed by atoms with van der Waals surface area (Å²) in [5, 5.41) is 3.35. The SMILES string of the molecule is CNC1CCCN(Cc2nc3ccccc3o2)C1. The van der Waals surface area contributed by atoms with Crippen LogP contribution in [0.2, 0.25) is 0 Å². The molecule has 0 saturated carbocycles. The van der Waals surface area contributed by atoms with Crippen LogP contribution in [0, 0.1) is 0 Å². The second-order valence-electron chi connectivity index (χ2n) is 4.94. The standard InChI is InChI=1S/C14H19N3O/c1-15-11-5-4-8-17(9-11)10-14-16-12-6-2-3-7-13(12)18-14/h2-3,6-7,11,15H,4-5,8-10H2,1H3. The van der Waals surface area contributed by atoms with Crippen molar-refractivity contribution in [1.82, 2.24) is 15.2 Å². The molecule has 0 bridgehead atoms. The van der Waals surface area contributed by atoms with E-state index in [9.17, 15) is 0 Å². The van der Waals surface area contributed by atoms with Crippen molar-refractivity contribution in [1.29, 1.82) is 0 Å². The molecule has 2 aromatic rings. The molecule has 1 fully saturated rings. The van der Waals surface area contributed by atoms with E-state index >= 15 is 0 Å². The lowest BCUT2D eigenvalue weighted by atomic mass is 10.1. The lowest BCUT2D eigenvalue weighted by molar-refractivity contribution is 0.174. The number of oxazole rings is 1. The van der Waals surface area contributed by atoms with Crippen LogP contribution in [0.5, 0.6) is 0 Å². The monoisotopic (exact) mass is 245 g/mol. The van der Waals surface area contributed by atoms with E-state index in [0.29, 0.717) is 6.04 Å². The number of likely N-dealkylation sites (tertiary alicyclic amines) is 1. The van der Waals surface area contributed by atoms with E-state index in [2.05, 4.69) is 15.2 Å². The largest absolute Gasteiger partial charge is 0.439 e. The summed E-state index contributed by atoms with van der Waals surface area (Å²) in [4.78, 5) is 6.94. The third-order valence-electron chi connectivity index (χ3n) is 3.61. The maximum Gasteiger partial charge on any atom is 0.209 e. The minimum absolute atomic E-state index is 0.600. The number of likely N-dealkylation sites (N-methyl/N-ethyl adjacent to an activating group) is 1. The van der Waals surface area contributed by atoms with Crippen LogP contribution in [-0.4, -0.2) is 36.1 Å². The predicted octanol–water partition coefficient (Wildman–Crippen LogP) is 2.01. The molecule has 1 aliphatic rings. The molecule has 96 valence electrons. The maximum absolute atomic E-state index is 5.77. The van der Waals surface area contributed by atoms with Gasteiger partial charge < -0.3 is 9.73 Å². The summed E-state index contributed by atoms with van der Waals surface area (Å²) in [7, 11) is 2.04. The van der Waals surface area contributed by atoms with E-state index in [1.165, 1.54) is 12.8 Å². The van der Waals surface area contributed by atoms with Crippen molar-refractivity contribution in [3.8, 4) is 0 Å². The van der Waals surface area contributed by atoms with Gasteiger partial charge in [-0.1, -0.05) is 12.1 Å². The van der Waals surface area contributed by atoms with Crippen LogP contribution in [0.4, 0.5) is 0 Å². The van der Waals surface area contributed by atoms with Crippen molar-refractivity contribution in [2.75, 3.05) is 20.1 Å². The molecule has 0 aliphatic carbocycles. The Morgan fingerprint density at radius 2 is 2.33 bits per heavy atom. The molecule has 3 rings (SSSR count). The van der Waals surface area contributed by atoms with Gasteiger partial charge in [0.05, 0.1) is 6.54 Å². The first kappa shape index (κ1) is 11.7. The Hall–Kier alpha value is -1.39. The van der Waals surface area contributed by atoms with Gasteiger partial charge in [-0.05, 0) is 38.6 Å². The number of nitrogens with one attached hydrogen (secondary N) is 1. The Labute approximate surface area is 107 Å². The number of aromatic nitrogens is 1. The fourth-order valence-electron chi connectivity index (χ4n) is 2.61. The fourth-order valence-corrected chi connectivity index (χ4v) is 2.61. The highest BCUT2D eigenvalue weighted by molar-refractivity contribution is 5.72. The average molecular weight is 245 g/mol. The molecule has 0 spiro atoms. The minimum Gasteiger partial charge on any atom is -0.439 e. The van der Waals surface area contributed by atoms with Crippen molar-refractivity contribution in [2.45, 2.75) is 25.4 Å². The molecule has 1 atom stereocenters. The van der Waals surface area contributed by atoms with Gasteiger partial charge in [0.2, 0.25) is 5.89 Å². The molecule has 1 aliphatic heterocycles. The fraction of sp³-hybridized carbons (Fsp3) is 0.500. The smallest absolute Gasteiger partial charge is 0.209 e. The van der Waals surface area contributed by atoms with Gasteiger partial charge in [0.15, 0.2) is 5.58 Å². The van der Waals surface area contributed by atoms with Crippen molar-refractivity contribution < 1.29 is 4.42 Å². The van der Waals surface area contributed by atoms with E-state index in [1.807, 2.05) is 31.3 Å². The van der Waals surface area contributed by atoms with Crippen molar-refractivity contribution >= 4 is 11.1 Å². The number of rotatable bonds is 3. The Morgan fingerprint density at radius 1 is 1.44 bits per heavy atom. The van der Waals surface area contributed by atoms with Gasteiger partial charge >= 0.3 is 0 Å². The first-order valence-corrected chi connectivity index (χ1v) is 6.59. The van der Waals surface area contributed by atoms with Gasteiger partial charge in [-0.15, -0.1) is 0 Å². The first-order chi connectivity index (χ1) is 8.85. The van der Waals surface area contributed by atoms with Gasteiger partial charge in [-0.2, -0.15) is 0 Å². The third kappa shape index (κ3) is 2.40. The number of hydrogen-bond acceptors (Lipinski definition) is 4. The summed E-state index contributed by atoms with van der Waals surface area (Å²) >= 11 is 0. The van der Waals surface area contributed by atoms with E-state index < -0.39 is 0 Å². The zero-order valence-electron chi connectivity index (χ0n) is 10.7. The molecule has 4 heteroatoms. The molecule has 1 unspecified atom stereocenters. The zero-order valence-corrected chi connectivity index (χ0v) is 10.7. The molecular weight excluding hydrogens is 226 g/mol. The third-order valence-corrected chi connectivity index (χ3v) is 3.61. The summed E-state index contributed by atoms with van der Waals surface area (Å²) in [5.41, 5.74) is 1.84. The lowest BCUT2D eigenvalue weighted by Crippen LogP contribution is -2.43. The molecule has 1 aromatic carbocycles. The molecule has 18 heavy (non-hydrogen) atoms. The quantitative estimate of drug-likeness (QED) is 0.898. The summed E-state index contributed by atoms with van der Waals surface area (Å²) in [5.74, 6) is 0.827. The summed E-state index contributed by atoms with van der Waals surface area (Å²) < 4.78 is 5.77. The molecule has 0 amide bonds. The highest BCUT2D eigenvalue weighted by Gasteiger charge is 2.20. The Balaban J connectivity index is 1.71. The van der Waals surface area contributed by atoms with Gasteiger partial charge in [0.25, 0.3) is 0 Å². The predicted molar refractivity (Wildman–Crippen MR) is 71.4 cm³/mol. The highest BCUT2D eigenvalue weighted by atomic mass is 16.3. The van der Waals surface area contributed by atoms with Crippen molar-refractivity contribution in [2.24, 2.45) is 0 Å². The Bertz CT molecular complexity index is 489. The topological polar surface area (TPSA) is 41.3 Å². The molecule has 1 N–H and O–H groups in total. The van der Waals surface area contributed by atoms with Gasteiger partial charge in [0.1, 0.15) is 5.52 Å². The number of benzene rings is 1. The second kappa shape index (κ2) is 5.08. The zero-order chi connectivity index (χ0) is 12.4. The average Bonchev–Trinajstić information content (AvgIpc) is 2.81. The van der Waals surface area contributed by atoms with E-state index in [0.717, 1.165) is 36.6 Å². The number of fused-ring (bicyclic) bond motifs is 1. The van der Waals surface area contributed by atoms with Crippen LogP contribution in [-0.2, 0) is 6.54 Å². The molecule has 2 heterocycles.